The molecular formula is C28H32Cl2O5. The van der Waals surface area contributed by atoms with E-state index in [-0.39, 0.29) is 53.8 Å². The number of furan rings is 1. The van der Waals surface area contributed by atoms with Gasteiger partial charge in [0.05, 0.1) is 28.7 Å². The van der Waals surface area contributed by atoms with Gasteiger partial charge in [-0.05, 0) is 67.1 Å². The Morgan fingerprint density at radius 3 is 2.66 bits per heavy atom. The Balaban J connectivity index is 1.61. The number of aliphatic hydroxyl groups excluding tert-OH is 1. The van der Waals surface area contributed by atoms with Gasteiger partial charge >= 0.3 is 0 Å². The molecule has 1 aromatic rings. The van der Waals surface area contributed by atoms with E-state index >= 15 is 0 Å². The van der Waals surface area contributed by atoms with Crippen molar-refractivity contribution in [1.82, 2.24) is 0 Å². The van der Waals surface area contributed by atoms with Gasteiger partial charge in [0.2, 0.25) is 0 Å². The van der Waals surface area contributed by atoms with Crippen LogP contribution in [0.4, 0.5) is 0 Å². The van der Waals surface area contributed by atoms with Crippen molar-refractivity contribution in [3.05, 3.63) is 48.0 Å². The molecule has 1 N–H and O–H groups in total. The summed E-state index contributed by atoms with van der Waals surface area (Å²) in [6.07, 6.45) is 9.49. The Morgan fingerprint density at radius 1 is 1.26 bits per heavy atom. The number of fused-ring (bicyclic) bond motifs is 5. The maximum absolute atomic E-state index is 13.7. The first-order chi connectivity index (χ1) is 16.5. The summed E-state index contributed by atoms with van der Waals surface area (Å²) in [5.41, 5.74) is -0.938. The van der Waals surface area contributed by atoms with Crippen molar-refractivity contribution in [2.45, 2.75) is 63.9 Å². The number of rotatable bonds is 5. The number of hydrogen-bond donors (Lipinski definition) is 1. The molecule has 4 aliphatic carbocycles. The van der Waals surface area contributed by atoms with Crippen LogP contribution in [0.3, 0.4) is 0 Å². The highest BCUT2D eigenvalue weighted by Gasteiger charge is 2.74. The van der Waals surface area contributed by atoms with Crippen LogP contribution in [0, 0.1) is 34.0 Å². The van der Waals surface area contributed by atoms with E-state index in [1.807, 2.05) is 19.9 Å². The predicted molar refractivity (Wildman–Crippen MR) is 133 cm³/mol. The fourth-order valence-electron chi connectivity index (χ4n) is 8.62. The Labute approximate surface area is 215 Å². The molecule has 35 heavy (non-hydrogen) atoms. The van der Waals surface area contributed by atoms with Gasteiger partial charge in [0.25, 0.3) is 0 Å². The third kappa shape index (κ3) is 3.07. The zero-order valence-electron chi connectivity index (χ0n) is 20.4. The number of aliphatic hydroxyl groups is 1. The molecule has 5 rings (SSSR count). The normalized spacial score (nSPS) is 44.3. The number of hydrogen-bond acceptors (Lipinski definition) is 5. The van der Waals surface area contributed by atoms with Crippen molar-refractivity contribution in [3.8, 4) is 0 Å². The summed E-state index contributed by atoms with van der Waals surface area (Å²) in [6, 6.07) is 1.62. The van der Waals surface area contributed by atoms with Gasteiger partial charge in [-0.25, -0.2) is 0 Å². The third-order valence-corrected chi connectivity index (χ3v) is 11.6. The number of carbonyl (C=O) groups excluding carboxylic acids is 3. The van der Waals surface area contributed by atoms with Gasteiger partial charge in [-0.2, -0.15) is 0 Å². The third-order valence-electron chi connectivity index (χ3n) is 10.4. The number of carbonyl (C=O) groups is 3. The van der Waals surface area contributed by atoms with E-state index in [0.29, 0.717) is 12.0 Å². The molecular weight excluding hydrogens is 487 g/mol. The number of ketones is 3. The van der Waals surface area contributed by atoms with Crippen LogP contribution in [0.25, 0.3) is 0 Å². The fraction of sp³-hybridized carbons (Fsp3) is 0.607. The Bertz CT molecular complexity index is 1140. The molecule has 8 atom stereocenters. The molecule has 1 aromatic heterocycles. The molecule has 0 radical (unpaired) electrons. The second-order valence-corrected chi connectivity index (χ2v) is 12.4. The minimum Gasteiger partial charge on any atom is -0.472 e. The maximum Gasteiger partial charge on any atom is 0.178 e. The van der Waals surface area contributed by atoms with Crippen molar-refractivity contribution < 1.29 is 23.9 Å². The zero-order chi connectivity index (χ0) is 25.4. The topological polar surface area (TPSA) is 84.6 Å². The van der Waals surface area contributed by atoms with Gasteiger partial charge in [-0.15, -0.1) is 23.2 Å². The lowest BCUT2D eigenvalue weighted by Gasteiger charge is -2.64. The quantitative estimate of drug-likeness (QED) is 0.408. The van der Waals surface area contributed by atoms with E-state index in [0.717, 1.165) is 18.4 Å². The molecule has 3 saturated carbocycles. The van der Waals surface area contributed by atoms with Crippen molar-refractivity contribution in [2.75, 3.05) is 5.88 Å². The zero-order valence-corrected chi connectivity index (χ0v) is 21.9. The van der Waals surface area contributed by atoms with Crippen LogP contribution < -0.4 is 0 Å². The van der Waals surface area contributed by atoms with E-state index in [2.05, 4.69) is 6.92 Å². The van der Waals surface area contributed by atoms with Crippen LogP contribution in [-0.4, -0.2) is 39.3 Å². The second kappa shape index (κ2) is 8.16. The van der Waals surface area contributed by atoms with E-state index in [9.17, 15) is 19.5 Å². The first-order valence-corrected chi connectivity index (χ1v) is 13.3. The van der Waals surface area contributed by atoms with Gasteiger partial charge in [0.1, 0.15) is 6.26 Å². The fourth-order valence-corrected chi connectivity index (χ4v) is 9.38. The number of halogens is 2. The molecule has 5 nitrogen and oxygen atoms in total. The van der Waals surface area contributed by atoms with E-state index in [1.54, 1.807) is 18.2 Å². The lowest BCUT2D eigenvalue weighted by Crippen LogP contribution is -2.67. The van der Waals surface area contributed by atoms with Crippen LogP contribution in [0.1, 0.15) is 63.2 Å². The highest BCUT2D eigenvalue weighted by Crippen LogP contribution is 2.74. The number of allylic oxidation sites excluding steroid dienone is 4. The molecule has 0 amide bonds. The maximum atomic E-state index is 13.7. The SMILES string of the molecule is C[C@@H]1C[C@H]2[C@@H]3CCC4=CC(=O)C=C[C@]4(C)[C@@]3(Cl)[C@@H](O)C[C@]2(C)[C@@]1(CC(=O)c1ccoc1)C(=O)CCl. The first kappa shape index (κ1) is 25.0. The lowest BCUT2D eigenvalue weighted by atomic mass is 9.43. The van der Waals surface area contributed by atoms with Crippen molar-refractivity contribution in [2.24, 2.45) is 34.0 Å². The van der Waals surface area contributed by atoms with E-state index in [4.69, 9.17) is 27.6 Å². The van der Waals surface area contributed by atoms with Crippen LogP contribution in [0.2, 0.25) is 0 Å². The van der Waals surface area contributed by atoms with Crippen LogP contribution in [0.15, 0.2) is 46.8 Å². The minimum atomic E-state index is -1.01. The van der Waals surface area contributed by atoms with Gasteiger partial charge in [-0.3, -0.25) is 14.4 Å². The largest absolute Gasteiger partial charge is 0.472 e. The first-order valence-electron chi connectivity index (χ1n) is 12.4. The molecule has 0 spiro atoms. The average molecular weight is 519 g/mol. The van der Waals surface area contributed by atoms with Crippen molar-refractivity contribution in [1.29, 1.82) is 0 Å². The van der Waals surface area contributed by atoms with Gasteiger partial charge < -0.3 is 9.52 Å². The molecule has 7 heteroatoms. The Hall–Kier alpha value is -1.69. The van der Waals surface area contributed by atoms with Crippen LogP contribution >= 0.6 is 23.2 Å². The smallest absolute Gasteiger partial charge is 0.178 e. The van der Waals surface area contributed by atoms with Gasteiger partial charge in [-0.1, -0.05) is 32.4 Å². The summed E-state index contributed by atoms with van der Waals surface area (Å²) in [6.45, 7) is 6.11. The van der Waals surface area contributed by atoms with E-state index < -0.39 is 27.2 Å². The summed E-state index contributed by atoms with van der Waals surface area (Å²) < 4.78 is 5.12. The summed E-state index contributed by atoms with van der Waals surface area (Å²) in [4.78, 5) is 38.2. The predicted octanol–water partition coefficient (Wildman–Crippen LogP) is 5.53. The number of alkyl halides is 2. The van der Waals surface area contributed by atoms with Gasteiger partial charge in [0, 0.05) is 17.3 Å². The molecule has 0 bridgehead atoms. The molecule has 0 aromatic carbocycles. The summed E-state index contributed by atoms with van der Waals surface area (Å²) in [7, 11) is 0. The number of Topliss-reactive ketones (excluding diaryl/α,β-unsaturated/α-hetero) is 2. The molecule has 0 unspecified atom stereocenters. The summed E-state index contributed by atoms with van der Waals surface area (Å²) in [5.74, 6) is -0.717. The second-order valence-electron chi connectivity index (χ2n) is 11.5. The standard InChI is InChI=1S/C28H32Cl2O5/c1-16-10-21-20-5-4-18-11-19(31)6-8-25(18,2)28(20,30)23(33)13-26(21,3)27(16,24(34)14-29)12-22(32)17-7-9-35-15-17/h6-9,11,15-16,20-21,23,33H,4-5,10,12-14H2,1-3H3/t16-,20+,21+,23+,25+,26+,27-,28+/m1/s1. The molecule has 0 aliphatic heterocycles. The van der Waals surface area contributed by atoms with Crippen molar-refractivity contribution in [3.63, 3.8) is 0 Å². The lowest BCUT2D eigenvalue weighted by molar-refractivity contribution is -0.151. The van der Waals surface area contributed by atoms with Gasteiger partial charge in [0.15, 0.2) is 17.3 Å². The molecule has 188 valence electrons. The van der Waals surface area contributed by atoms with Crippen molar-refractivity contribution >= 4 is 40.6 Å². The summed E-state index contributed by atoms with van der Waals surface area (Å²) >= 11 is 13.7. The van der Waals surface area contributed by atoms with E-state index in [1.165, 1.54) is 12.5 Å². The van der Waals surface area contributed by atoms with Crippen LogP contribution in [0.5, 0.6) is 0 Å². The molecule has 3 fully saturated rings. The highest BCUT2D eigenvalue weighted by atomic mass is 35.5. The molecule has 4 aliphatic rings. The minimum absolute atomic E-state index is 0.0205. The molecule has 0 saturated heterocycles. The Morgan fingerprint density at radius 2 is 2.00 bits per heavy atom. The van der Waals surface area contributed by atoms with Crippen LogP contribution in [-0.2, 0) is 9.59 Å². The summed E-state index contributed by atoms with van der Waals surface area (Å²) in [5, 5.41) is 11.8. The Kier molecular flexibility index (Phi) is 5.82. The monoisotopic (exact) mass is 518 g/mol. The average Bonchev–Trinajstić information content (AvgIpc) is 3.42. The highest BCUT2D eigenvalue weighted by molar-refractivity contribution is 6.29. The molecule has 1 heterocycles.